The van der Waals surface area contributed by atoms with Gasteiger partial charge in [0.25, 0.3) is 0 Å². The molecule has 0 amide bonds. The van der Waals surface area contributed by atoms with Gasteiger partial charge >= 0.3 is 0 Å². The molecule has 3 nitrogen and oxygen atoms in total. The third-order valence-corrected chi connectivity index (χ3v) is 2.91. The van der Waals surface area contributed by atoms with Crippen LogP contribution in [-0.4, -0.2) is 36.0 Å². The molecule has 0 saturated heterocycles. The summed E-state index contributed by atoms with van der Waals surface area (Å²) in [7, 11) is 0. The molecule has 3 atom stereocenters. The van der Waals surface area contributed by atoms with E-state index in [9.17, 15) is 0 Å². The number of aliphatic hydroxyl groups excluding tert-OH is 2. The van der Waals surface area contributed by atoms with Gasteiger partial charge in [-0.3, -0.25) is 0 Å². The van der Waals surface area contributed by atoms with Gasteiger partial charge in [-0.25, -0.2) is 0 Å². The molecule has 88 valence electrons. The van der Waals surface area contributed by atoms with Crippen molar-refractivity contribution < 1.29 is 10.2 Å². The molecule has 3 unspecified atom stereocenters. The van der Waals surface area contributed by atoms with Crippen molar-refractivity contribution in [3.05, 3.63) is 11.6 Å². The molecule has 0 heterocycles. The third-order valence-electron chi connectivity index (χ3n) is 2.91. The Morgan fingerprint density at radius 3 is 2.93 bits per heavy atom. The third kappa shape index (κ3) is 4.78. The molecule has 0 radical (unpaired) electrons. The van der Waals surface area contributed by atoms with Crippen molar-refractivity contribution in [1.82, 2.24) is 5.32 Å². The molecule has 0 saturated carbocycles. The molecular formula is C12H23NO2. The second kappa shape index (κ2) is 6.26. The summed E-state index contributed by atoms with van der Waals surface area (Å²) in [5, 5.41) is 21.0. The van der Waals surface area contributed by atoms with Gasteiger partial charge in [0.2, 0.25) is 0 Å². The molecule has 1 aliphatic rings. The lowest BCUT2D eigenvalue weighted by Crippen LogP contribution is -2.33. The first-order chi connectivity index (χ1) is 7.11. The number of rotatable bonds is 5. The lowest BCUT2D eigenvalue weighted by molar-refractivity contribution is 0.0933. The minimum absolute atomic E-state index is 0.160. The van der Waals surface area contributed by atoms with E-state index in [2.05, 4.69) is 25.2 Å². The van der Waals surface area contributed by atoms with Crippen molar-refractivity contribution in [2.45, 2.75) is 32.8 Å². The maximum atomic E-state index is 9.17. The minimum Gasteiger partial charge on any atom is -0.394 e. The lowest BCUT2D eigenvalue weighted by Gasteiger charge is -2.26. The molecule has 0 aromatic rings. The molecule has 0 bridgehead atoms. The van der Waals surface area contributed by atoms with Crippen molar-refractivity contribution in [2.75, 3.05) is 19.7 Å². The average molecular weight is 213 g/mol. The largest absolute Gasteiger partial charge is 0.394 e. The van der Waals surface area contributed by atoms with Crippen LogP contribution in [0.4, 0.5) is 0 Å². The summed E-state index contributed by atoms with van der Waals surface area (Å²) in [6.07, 6.45) is 4.10. The van der Waals surface area contributed by atoms with Gasteiger partial charge in [-0.15, -0.1) is 0 Å². The molecule has 1 aliphatic carbocycles. The van der Waals surface area contributed by atoms with Crippen molar-refractivity contribution in [2.24, 2.45) is 11.8 Å². The highest BCUT2D eigenvalue weighted by atomic mass is 16.3. The standard InChI is InChI=1S/C12H23NO2/c1-9-3-10(2)5-11(4-9)6-13-7-12(15)8-14/h3,9,11-15H,4-8H2,1-2H3. The topological polar surface area (TPSA) is 52.5 Å². The Morgan fingerprint density at radius 1 is 1.60 bits per heavy atom. The fourth-order valence-electron chi connectivity index (χ4n) is 2.36. The number of hydrogen-bond donors (Lipinski definition) is 3. The van der Waals surface area contributed by atoms with E-state index in [-0.39, 0.29) is 6.61 Å². The van der Waals surface area contributed by atoms with Crippen LogP contribution in [0.3, 0.4) is 0 Å². The van der Waals surface area contributed by atoms with Crippen molar-refractivity contribution in [1.29, 1.82) is 0 Å². The minimum atomic E-state index is -0.623. The maximum Gasteiger partial charge on any atom is 0.0894 e. The highest BCUT2D eigenvalue weighted by Crippen LogP contribution is 2.27. The van der Waals surface area contributed by atoms with Crippen LogP contribution < -0.4 is 5.32 Å². The Morgan fingerprint density at radius 2 is 2.33 bits per heavy atom. The van der Waals surface area contributed by atoms with Gasteiger partial charge in [-0.2, -0.15) is 0 Å². The highest BCUT2D eigenvalue weighted by molar-refractivity contribution is 5.06. The Hall–Kier alpha value is -0.380. The lowest BCUT2D eigenvalue weighted by atomic mass is 9.84. The molecule has 0 spiro atoms. The summed E-state index contributed by atoms with van der Waals surface area (Å²) in [5.41, 5.74) is 1.48. The van der Waals surface area contributed by atoms with Gasteiger partial charge in [-0.05, 0) is 38.1 Å². The van der Waals surface area contributed by atoms with Crippen LogP contribution in [0.5, 0.6) is 0 Å². The number of nitrogens with one attached hydrogen (secondary N) is 1. The molecule has 3 N–H and O–H groups in total. The summed E-state index contributed by atoms with van der Waals surface area (Å²) in [4.78, 5) is 0. The van der Waals surface area contributed by atoms with Crippen molar-refractivity contribution in [3.8, 4) is 0 Å². The van der Waals surface area contributed by atoms with E-state index in [0.717, 1.165) is 13.0 Å². The van der Waals surface area contributed by atoms with Gasteiger partial charge in [0.15, 0.2) is 0 Å². The van der Waals surface area contributed by atoms with E-state index in [0.29, 0.717) is 18.4 Å². The Balaban J connectivity index is 2.20. The van der Waals surface area contributed by atoms with Crippen LogP contribution in [0.2, 0.25) is 0 Å². The van der Waals surface area contributed by atoms with Gasteiger partial charge in [0.1, 0.15) is 0 Å². The SMILES string of the molecule is CC1=CC(C)CC(CNCC(O)CO)C1. The second-order valence-electron chi connectivity index (χ2n) is 4.79. The first-order valence-corrected chi connectivity index (χ1v) is 5.78. The Bertz CT molecular complexity index is 216. The summed E-state index contributed by atoms with van der Waals surface area (Å²) in [6, 6.07) is 0. The predicted molar refractivity (Wildman–Crippen MR) is 61.6 cm³/mol. The molecule has 0 fully saturated rings. The predicted octanol–water partition coefficient (Wildman–Crippen LogP) is 0.922. The fraction of sp³-hybridized carbons (Fsp3) is 0.833. The first-order valence-electron chi connectivity index (χ1n) is 5.78. The summed E-state index contributed by atoms with van der Waals surface area (Å²) in [6.45, 7) is 5.70. The van der Waals surface area contributed by atoms with Crippen LogP contribution in [0.1, 0.15) is 26.7 Å². The normalized spacial score (nSPS) is 28.7. The van der Waals surface area contributed by atoms with E-state index in [1.54, 1.807) is 0 Å². The summed E-state index contributed by atoms with van der Waals surface area (Å²) in [5.74, 6) is 1.35. The number of allylic oxidation sites excluding steroid dienone is 2. The quantitative estimate of drug-likeness (QED) is 0.595. The van der Waals surface area contributed by atoms with Crippen molar-refractivity contribution >= 4 is 0 Å². The van der Waals surface area contributed by atoms with Gasteiger partial charge < -0.3 is 15.5 Å². The van der Waals surface area contributed by atoms with Crippen LogP contribution in [0, 0.1) is 11.8 Å². The van der Waals surface area contributed by atoms with Crippen LogP contribution in [0.25, 0.3) is 0 Å². The van der Waals surface area contributed by atoms with E-state index in [1.165, 1.54) is 12.0 Å². The molecule has 0 aromatic heterocycles. The maximum absolute atomic E-state index is 9.17. The molecule has 15 heavy (non-hydrogen) atoms. The summed E-state index contributed by atoms with van der Waals surface area (Å²) >= 11 is 0. The summed E-state index contributed by atoms with van der Waals surface area (Å²) < 4.78 is 0. The van der Waals surface area contributed by atoms with E-state index >= 15 is 0 Å². The van der Waals surface area contributed by atoms with E-state index in [4.69, 9.17) is 10.2 Å². The van der Waals surface area contributed by atoms with Gasteiger partial charge in [-0.1, -0.05) is 18.6 Å². The number of hydrogen-bond acceptors (Lipinski definition) is 3. The zero-order valence-corrected chi connectivity index (χ0v) is 9.74. The monoisotopic (exact) mass is 213 g/mol. The zero-order chi connectivity index (χ0) is 11.3. The smallest absolute Gasteiger partial charge is 0.0894 e. The highest BCUT2D eigenvalue weighted by Gasteiger charge is 2.17. The van der Waals surface area contributed by atoms with E-state index < -0.39 is 6.10 Å². The van der Waals surface area contributed by atoms with Crippen molar-refractivity contribution in [3.63, 3.8) is 0 Å². The molecule has 3 heteroatoms. The molecule has 1 rings (SSSR count). The van der Waals surface area contributed by atoms with Crippen LogP contribution >= 0.6 is 0 Å². The molecular weight excluding hydrogens is 190 g/mol. The molecule has 0 aromatic carbocycles. The second-order valence-corrected chi connectivity index (χ2v) is 4.79. The Kier molecular flexibility index (Phi) is 5.29. The van der Waals surface area contributed by atoms with Gasteiger partial charge in [0.05, 0.1) is 12.7 Å². The van der Waals surface area contributed by atoms with Crippen LogP contribution in [-0.2, 0) is 0 Å². The van der Waals surface area contributed by atoms with Crippen LogP contribution in [0.15, 0.2) is 11.6 Å². The number of aliphatic hydroxyl groups is 2. The first kappa shape index (κ1) is 12.7. The zero-order valence-electron chi connectivity index (χ0n) is 9.74. The average Bonchev–Trinajstić information content (AvgIpc) is 2.16. The Labute approximate surface area is 92.2 Å². The van der Waals surface area contributed by atoms with E-state index in [1.807, 2.05) is 0 Å². The fourth-order valence-corrected chi connectivity index (χ4v) is 2.36. The molecule has 0 aliphatic heterocycles. The van der Waals surface area contributed by atoms with Gasteiger partial charge in [0, 0.05) is 6.54 Å².